The number of anilines is 2. The van der Waals surface area contributed by atoms with Crippen LogP contribution >= 0.6 is 0 Å². The first-order valence-electron chi connectivity index (χ1n) is 6.91. The first-order chi connectivity index (χ1) is 9.48. The highest BCUT2D eigenvalue weighted by atomic mass is 19.4. The number of nitrogens with zero attached hydrogens (tertiary/aromatic N) is 2. The van der Waals surface area contributed by atoms with Crippen molar-refractivity contribution >= 4 is 11.6 Å². The van der Waals surface area contributed by atoms with E-state index in [1.165, 1.54) is 0 Å². The minimum atomic E-state index is -4.15. The van der Waals surface area contributed by atoms with Crippen molar-refractivity contribution in [3.05, 3.63) is 11.9 Å². The Bertz CT molecular complexity index is 444. The van der Waals surface area contributed by atoms with Crippen LogP contribution in [-0.4, -0.2) is 29.2 Å². The van der Waals surface area contributed by atoms with Gasteiger partial charge in [-0.3, -0.25) is 0 Å². The van der Waals surface area contributed by atoms with Crippen LogP contribution in [-0.2, 0) is 0 Å². The third-order valence-electron chi connectivity index (χ3n) is 2.96. The fourth-order valence-corrected chi connectivity index (χ4v) is 1.76. The Balaban J connectivity index is 2.00. The number of alkyl halides is 3. The molecule has 1 aliphatic carbocycles. The van der Waals surface area contributed by atoms with Gasteiger partial charge in [0.1, 0.15) is 17.5 Å². The highest BCUT2D eigenvalue weighted by molar-refractivity contribution is 5.48. The SMILES string of the molecule is CCCNc1cc(NCCC(F)(F)F)nc(C2CC2)n1. The summed E-state index contributed by atoms with van der Waals surface area (Å²) in [6.07, 6.45) is -1.95. The zero-order valence-electron chi connectivity index (χ0n) is 11.4. The van der Waals surface area contributed by atoms with Crippen molar-refractivity contribution in [1.82, 2.24) is 9.97 Å². The number of nitrogens with one attached hydrogen (secondary N) is 2. The van der Waals surface area contributed by atoms with Crippen LogP contribution in [0, 0.1) is 0 Å². The molecule has 1 aliphatic rings. The Morgan fingerprint density at radius 1 is 1.15 bits per heavy atom. The molecule has 2 rings (SSSR count). The molecular formula is C13H19F3N4. The predicted molar refractivity (Wildman–Crippen MR) is 71.9 cm³/mol. The highest BCUT2D eigenvalue weighted by Gasteiger charge is 2.28. The summed E-state index contributed by atoms with van der Waals surface area (Å²) in [5.74, 6) is 2.23. The Kier molecular flexibility index (Phi) is 4.67. The van der Waals surface area contributed by atoms with Gasteiger partial charge in [0.2, 0.25) is 0 Å². The Morgan fingerprint density at radius 2 is 1.75 bits per heavy atom. The van der Waals surface area contributed by atoms with E-state index in [9.17, 15) is 13.2 Å². The van der Waals surface area contributed by atoms with E-state index in [-0.39, 0.29) is 6.54 Å². The van der Waals surface area contributed by atoms with Crippen molar-refractivity contribution in [2.45, 2.75) is 44.7 Å². The topological polar surface area (TPSA) is 49.8 Å². The van der Waals surface area contributed by atoms with Crippen molar-refractivity contribution in [2.24, 2.45) is 0 Å². The molecule has 0 aromatic carbocycles. The average Bonchev–Trinajstić information content (AvgIpc) is 3.19. The van der Waals surface area contributed by atoms with Crippen LogP contribution in [0.3, 0.4) is 0 Å². The second-order valence-corrected chi connectivity index (χ2v) is 4.99. The number of hydrogen-bond acceptors (Lipinski definition) is 4. The third kappa shape index (κ3) is 4.86. The number of halogens is 3. The van der Waals surface area contributed by atoms with Crippen molar-refractivity contribution in [2.75, 3.05) is 23.7 Å². The summed E-state index contributed by atoms with van der Waals surface area (Å²) in [5.41, 5.74) is 0. The first kappa shape index (κ1) is 14.9. The molecule has 4 nitrogen and oxygen atoms in total. The zero-order chi connectivity index (χ0) is 14.6. The third-order valence-corrected chi connectivity index (χ3v) is 2.96. The monoisotopic (exact) mass is 288 g/mol. The molecule has 0 radical (unpaired) electrons. The van der Waals surface area contributed by atoms with Gasteiger partial charge in [-0.15, -0.1) is 0 Å². The Hall–Kier alpha value is -1.53. The van der Waals surface area contributed by atoms with Crippen LogP contribution in [0.15, 0.2) is 6.07 Å². The minimum absolute atomic E-state index is 0.169. The van der Waals surface area contributed by atoms with E-state index < -0.39 is 12.6 Å². The summed E-state index contributed by atoms with van der Waals surface area (Å²) in [6.45, 7) is 2.65. The highest BCUT2D eigenvalue weighted by Crippen LogP contribution is 2.38. The molecule has 1 fully saturated rings. The predicted octanol–water partition coefficient (Wildman–Crippen LogP) is 3.54. The molecule has 1 aromatic rings. The van der Waals surface area contributed by atoms with E-state index in [1.807, 2.05) is 6.92 Å². The molecule has 1 saturated carbocycles. The lowest BCUT2D eigenvalue weighted by atomic mass is 10.3. The van der Waals surface area contributed by atoms with Gasteiger partial charge in [-0.05, 0) is 19.3 Å². The number of aromatic nitrogens is 2. The Morgan fingerprint density at radius 3 is 2.25 bits per heavy atom. The molecule has 0 aliphatic heterocycles. The fourth-order valence-electron chi connectivity index (χ4n) is 1.76. The minimum Gasteiger partial charge on any atom is -0.370 e. The lowest BCUT2D eigenvalue weighted by Gasteiger charge is -2.11. The number of rotatable bonds is 7. The maximum Gasteiger partial charge on any atom is 0.390 e. The van der Waals surface area contributed by atoms with Gasteiger partial charge in [-0.25, -0.2) is 9.97 Å². The van der Waals surface area contributed by atoms with E-state index in [4.69, 9.17) is 0 Å². The van der Waals surface area contributed by atoms with Crippen LogP contribution in [0.4, 0.5) is 24.8 Å². The van der Waals surface area contributed by atoms with Crippen molar-refractivity contribution in [3.63, 3.8) is 0 Å². The van der Waals surface area contributed by atoms with Crippen LogP contribution in [0.5, 0.6) is 0 Å². The molecule has 0 amide bonds. The summed E-state index contributed by atoms with van der Waals surface area (Å²) < 4.78 is 36.4. The van der Waals surface area contributed by atoms with Gasteiger partial charge in [0.15, 0.2) is 0 Å². The molecule has 0 bridgehead atoms. The lowest BCUT2D eigenvalue weighted by Crippen LogP contribution is -2.16. The van der Waals surface area contributed by atoms with Crippen molar-refractivity contribution in [3.8, 4) is 0 Å². The second-order valence-electron chi connectivity index (χ2n) is 4.99. The van der Waals surface area contributed by atoms with Gasteiger partial charge in [-0.1, -0.05) is 6.92 Å². The van der Waals surface area contributed by atoms with Gasteiger partial charge in [0, 0.05) is 25.1 Å². The summed E-state index contributed by atoms with van der Waals surface area (Å²) in [4.78, 5) is 8.70. The van der Waals surface area contributed by atoms with E-state index in [0.29, 0.717) is 17.6 Å². The van der Waals surface area contributed by atoms with E-state index in [0.717, 1.165) is 31.6 Å². The summed E-state index contributed by atoms with van der Waals surface area (Å²) in [7, 11) is 0. The lowest BCUT2D eigenvalue weighted by molar-refractivity contribution is -0.131. The van der Waals surface area contributed by atoms with Crippen LogP contribution < -0.4 is 10.6 Å². The standard InChI is InChI=1S/C13H19F3N4/c1-2-6-17-10-8-11(18-7-5-13(14,15)16)20-12(19-10)9-3-4-9/h8-9H,2-7H2,1H3,(H2,17,18,19,20). The van der Waals surface area contributed by atoms with Crippen LogP contribution in [0.25, 0.3) is 0 Å². The van der Waals surface area contributed by atoms with Gasteiger partial charge in [0.05, 0.1) is 6.42 Å². The largest absolute Gasteiger partial charge is 0.390 e. The maximum absolute atomic E-state index is 12.1. The summed E-state index contributed by atoms with van der Waals surface area (Å²) >= 11 is 0. The first-order valence-corrected chi connectivity index (χ1v) is 6.91. The van der Waals surface area contributed by atoms with Gasteiger partial charge in [0.25, 0.3) is 0 Å². The molecule has 0 atom stereocenters. The summed E-state index contributed by atoms with van der Waals surface area (Å²) in [5, 5.41) is 5.88. The van der Waals surface area contributed by atoms with Gasteiger partial charge >= 0.3 is 6.18 Å². The molecule has 0 spiro atoms. The molecule has 20 heavy (non-hydrogen) atoms. The zero-order valence-corrected chi connectivity index (χ0v) is 11.4. The molecule has 112 valence electrons. The van der Waals surface area contributed by atoms with Gasteiger partial charge < -0.3 is 10.6 Å². The van der Waals surface area contributed by atoms with Crippen LogP contribution in [0.1, 0.15) is 44.3 Å². The maximum atomic E-state index is 12.1. The normalized spacial score (nSPS) is 15.2. The van der Waals surface area contributed by atoms with Gasteiger partial charge in [-0.2, -0.15) is 13.2 Å². The molecule has 2 N–H and O–H groups in total. The molecule has 0 unspecified atom stereocenters. The number of hydrogen-bond donors (Lipinski definition) is 2. The van der Waals surface area contributed by atoms with E-state index in [1.54, 1.807) is 6.07 Å². The molecule has 1 heterocycles. The average molecular weight is 288 g/mol. The quantitative estimate of drug-likeness (QED) is 0.805. The fraction of sp³-hybridized carbons (Fsp3) is 0.692. The van der Waals surface area contributed by atoms with Crippen molar-refractivity contribution < 1.29 is 13.2 Å². The van der Waals surface area contributed by atoms with Crippen LogP contribution in [0.2, 0.25) is 0 Å². The Labute approximate surface area is 116 Å². The molecule has 0 saturated heterocycles. The molecule has 1 aromatic heterocycles. The summed E-state index contributed by atoms with van der Waals surface area (Å²) in [6, 6.07) is 1.66. The van der Waals surface area contributed by atoms with E-state index >= 15 is 0 Å². The second kappa shape index (κ2) is 6.28. The van der Waals surface area contributed by atoms with E-state index in [2.05, 4.69) is 20.6 Å². The molecular weight excluding hydrogens is 269 g/mol. The van der Waals surface area contributed by atoms with Crippen molar-refractivity contribution in [1.29, 1.82) is 0 Å². The smallest absolute Gasteiger partial charge is 0.370 e. The molecule has 7 heteroatoms.